The fraction of sp³-hybridized carbons (Fsp3) is 0.400. The summed E-state index contributed by atoms with van der Waals surface area (Å²) in [7, 11) is 17.0. The standard InChI is InChI=1S/C25H23B3FN3O9/c26-22(36)20(34)30-21(35)23(37,25(22,27)28)32-19(33)15-2-1-3-17(18(15)24(32,38)39)41-12-14-5-4-13(10-16(14)29)11-31-6-8-40-9-7-31/h1-5,10,36-39H,6-9,11-12H2,(H,30,34,35). The molecule has 0 spiro atoms. The lowest BCUT2D eigenvalue weighted by Crippen LogP contribution is -2.81. The zero-order chi connectivity index (χ0) is 30.0. The molecule has 3 amide bonds. The fourth-order valence-electron chi connectivity index (χ4n) is 5.11. The molecule has 2 saturated heterocycles. The summed E-state index contributed by atoms with van der Waals surface area (Å²) < 4.78 is 25.9. The van der Waals surface area contributed by atoms with Gasteiger partial charge in [-0.2, -0.15) is 0 Å². The van der Waals surface area contributed by atoms with Crippen molar-refractivity contribution in [3.63, 3.8) is 0 Å². The van der Waals surface area contributed by atoms with E-state index in [0.717, 1.165) is 24.7 Å². The van der Waals surface area contributed by atoms with Gasteiger partial charge in [-0.1, -0.05) is 18.2 Å². The molecule has 3 aliphatic rings. The molecule has 0 saturated carbocycles. The van der Waals surface area contributed by atoms with Crippen molar-refractivity contribution in [3.8, 4) is 5.75 Å². The van der Waals surface area contributed by atoms with Gasteiger partial charge in [0.05, 0.1) is 45.5 Å². The molecule has 0 bridgehead atoms. The molecule has 2 fully saturated rings. The van der Waals surface area contributed by atoms with Gasteiger partial charge in [0.25, 0.3) is 17.7 Å². The summed E-state index contributed by atoms with van der Waals surface area (Å²) in [4.78, 5) is 40.1. The number of rotatable bonds is 6. The second-order valence-corrected chi connectivity index (χ2v) is 10.1. The van der Waals surface area contributed by atoms with E-state index in [1.807, 2.05) is 0 Å². The maximum Gasteiger partial charge on any atom is 0.284 e. The van der Waals surface area contributed by atoms with Crippen molar-refractivity contribution in [2.75, 3.05) is 26.3 Å². The maximum absolute atomic E-state index is 14.9. The zero-order valence-electron chi connectivity index (χ0n) is 21.5. The van der Waals surface area contributed by atoms with Crippen LogP contribution in [-0.4, -0.2) is 109 Å². The predicted octanol–water partition coefficient (Wildman–Crippen LogP) is -2.56. The quantitative estimate of drug-likeness (QED) is 0.144. The number of ether oxygens (including phenoxy) is 2. The number of amides is 3. The number of nitrogens with zero attached hydrogens (tertiary/aromatic N) is 2. The summed E-state index contributed by atoms with van der Waals surface area (Å²) in [6.07, 6.45) is 0. The molecule has 3 aliphatic heterocycles. The van der Waals surface area contributed by atoms with Gasteiger partial charge in [0, 0.05) is 25.2 Å². The topological polar surface area (TPSA) is 169 Å². The third-order valence-corrected chi connectivity index (χ3v) is 7.54. The summed E-state index contributed by atoms with van der Waals surface area (Å²) in [5.74, 6) is -9.23. The van der Waals surface area contributed by atoms with Gasteiger partial charge in [-0.05, 0) is 29.0 Å². The number of piperidine rings is 1. The van der Waals surface area contributed by atoms with Crippen LogP contribution in [-0.2, 0) is 33.4 Å². The first kappa shape index (κ1) is 29.2. The van der Waals surface area contributed by atoms with Crippen molar-refractivity contribution in [2.24, 2.45) is 0 Å². The second kappa shape index (κ2) is 9.93. The molecule has 0 aliphatic carbocycles. The molecule has 0 aromatic heterocycles. The molecular weight excluding hydrogens is 538 g/mol. The van der Waals surface area contributed by atoms with Crippen molar-refractivity contribution in [2.45, 2.75) is 35.5 Å². The van der Waals surface area contributed by atoms with Crippen molar-refractivity contribution >= 4 is 41.3 Å². The SMILES string of the molecule is [B]C1(O)C(=O)NC(=O)C(O)(N2C(=O)c3cccc(OCc4ccc(CN5CCOCC5)cc4F)c3C2(O)O)C1([B])[B]. The predicted molar refractivity (Wildman–Crippen MR) is 139 cm³/mol. The highest BCUT2D eigenvalue weighted by Crippen LogP contribution is 2.53. The lowest BCUT2D eigenvalue weighted by molar-refractivity contribution is -0.309. The van der Waals surface area contributed by atoms with Crippen LogP contribution in [0.5, 0.6) is 5.75 Å². The number of fused-ring (bicyclic) bond motifs is 1. The van der Waals surface area contributed by atoms with Gasteiger partial charge in [-0.15, -0.1) is 0 Å². The Kier molecular flexibility index (Phi) is 7.08. The summed E-state index contributed by atoms with van der Waals surface area (Å²) >= 11 is 0. The molecule has 5 N–H and O–H groups in total. The Morgan fingerprint density at radius 1 is 1.00 bits per heavy atom. The Hall–Kier alpha value is -3.27. The highest BCUT2D eigenvalue weighted by Gasteiger charge is 2.72. The minimum Gasteiger partial charge on any atom is -0.488 e. The average Bonchev–Trinajstić information content (AvgIpc) is 3.12. The van der Waals surface area contributed by atoms with E-state index in [1.54, 1.807) is 6.07 Å². The van der Waals surface area contributed by atoms with E-state index >= 15 is 0 Å². The number of aliphatic hydroxyl groups is 4. The molecule has 12 nitrogen and oxygen atoms in total. The number of hydrogen-bond donors (Lipinski definition) is 5. The highest BCUT2D eigenvalue weighted by atomic mass is 19.1. The Bertz CT molecular complexity index is 1430. The van der Waals surface area contributed by atoms with Crippen molar-refractivity contribution in [1.82, 2.24) is 15.1 Å². The van der Waals surface area contributed by atoms with Crippen LogP contribution in [0, 0.1) is 5.82 Å². The van der Waals surface area contributed by atoms with E-state index in [1.165, 1.54) is 29.6 Å². The molecule has 16 heteroatoms. The van der Waals surface area contributed by atoms with E-state index in [4.69, 9.17) is 33.0 Å². The largest absolute Gasteiger partial charge is 0.488 e. The van der Waals surface area contributed by atoms with E-state index in [0.29, 0.717) is 19.8 Å². The van der Waals surface area contributed by atoms with Crippen LogP contribution in [0.25, 0.3) is 0 Å². The molecule has 5 rings (SSSR count). The Morgan fingerprint density at radius 2 is 1.68 bits per heavy atom. The molecule has 41 heavy (non-hydrogen) atoms. The van der Waals surface area contributed by atoms with E-state index in [2.05, 4.69) is 4.90 Å². The van der Waals surface area contributed by atoms with Crippen LogP contribution in [0.15, 0.2) is 36.4 Å². The lowest BCUT2D eigenvalue weighted by Gasteiger charge is -2.57. The first-order valence-electron chi connectivity index (χ1n) is 12.4. The lowest BCUT2D eigenvalue weighted by atomic mass is 9.35. The zero-order valence-corrected chi connectivity index (χ0v) is 21.5. The van der Waals surface area contributed by atoms with E-state index < -0.39 is 63.6 Å². The summed E-state index contributed by atoms with van der Waals surface area (Å²) in [6, 6.07) is 8.21. The van der Waals surface area contributed by atoms with Gasteiger partial charge >= 0.3 is 0 Å². The fourth-order valence-corrected chi connectivity index (χ4v) is 5.11. The molecule has 2 aromatic rings. The number of hydrogen-bond acceptors (Lipinski definition) is 10. The summed E-state index contributed by atoms with van der Waals surface area (Å²) in [6.45, 7) is 2.74. The van der Waals surface area contributed by atoms with Gasteiger partial charge in [-0.3, -0.25) is 24.6 Å². The van der Waals surface area contributed by atoms with E-state index in [-0.39, 0.29) is 16.2 Å². The van der Waals surface area contributed by atoms with Crippen LogP contribution in [0.4, 0.5) is 4.39 Å². The number of imide groups is 1. The maximum atomic E-state index is 14.9. The first-order valence-corrected chi connectivity index (χ1v) is 12.4. The number of morpholine rings is 1. The summed E-state index contributed by atoms with van der Waals surface area (Å²) in [5, 5.41) is 42.1. The van der Waals surface area contributed by atoms with Crippen LogP contribution in [0.2, 0.25) is 5.21 Å². The molecule has 6 radical (unpaired) electrons. The Labute approximate surface area is 237 Å². The molecule has 208 valence electrons. The van der Waals surface area contributed by atoms with Crippen molar-refractivity contribution in [1.29, 1.82) is 0 Å². The van der Waals surface area contributed by atoms with Gasteiger partial charge in [0.2, 0.25) is 11.6 Å². The highest BCUT2D eigenvalue weighted by molar-refractivity contribution is 6.52. The van der Waals surface area contributed by atoms with Gasteiger partial charge < -0.3 is 29.9 Å². The van der Waals surface area contributed by atoms with E-state index in [9.17, 15) is 39.2 Å². The smallest absolute Gasteiger partial charge is 0.284 e. The normalized spacial score (nSPS) is 27.4. The molecule has 2 unspecified atom stereocenters. The minimum absolute atomic E-state index is 0.107. The van der Waals surface area contributed by atoms with Gasteiger partial charge in [0.15, 0.2) is 0 Å². The second-order valence-electron chi connectivity index (χ2n) is 10.1. The molecular formula is C25H23B3FN3O9. The van der Waals surface area contributed by atoms with Crippen molar-refractivity contribution in [3.05, 3.63) is 64.5 Å². The van der Waals surface area contributed by atoms with Crippen LogP contribution >= 0.6 is 0 Å². The van der Waals surface area contributed by atoms with Gasteiger partial charge in [0.1, 0.15) is 26.0 Å². The molecule has 2 aromatic carbocycles. The van der Waals surface area contributed by atoms with Crippen LogP contribution in [0.1, 0.15) is 27.0 Å². The Balaban J connectivity index is 1.43. The summed E-state index contributed by atoms with van der Waals surface area (Å²) in [5.41, 5.74) is -7.32. The Morgan fingerprint density at radius 3 is 2.34 bits per heavy atom. The molecule has 3 heterocycles. The third-order valence-electron chi connectivity index (χ3n) is 7.54. The number of nitrogens with one attached hydrogen (secondary N) is 1. The monoisotopic (exact) mass is 561 g/mol. The minimum atomic E-state index is -3.68. The first-order chi connectivity index (χ1) is 19.1. The molecule has 2 atom stereocenters. The average molecular weight is 561 g/mol. The number of carbonyl (C=O) groups excluding carboxylic acids is 3. The third kappa shape index (κ3) is 4.37. The van der Waals surface area contributed by atoms with Gasteiger partial charge in [-0.25, -0.2) is 9.29 Å². The van der Waals surface area contributed by atoms with Crippen LogP contribution in [0.3, 0.4) is 0 Å². The number of benzene rings is 2. The number of halogens is 1. The van der Waals surface area contributed by atoms with Crippen LogP contribution < -0.4 is 10.1 Å². The number of carbonyl (C=O) groups is 3. The van der Waals surface area contributed by atoms with Crippen molar-refractivity contribution < 1.29 is 48.7 Å².